The molecule has 0 unspecified atom stereocenters. The minimum atomic E-state index is 0.570. The Balaban J connectivity index is 0.937. The van der Waals surface area contributed by atoms with Crippen LogP contribution in [-0.4, -0.2) is 24.1 Å². The number of para-hydroxylation sites is 3. The minimum Gasteiger partial charge on any atom is -0.456 e. The highest BCUT2D eigenvalue weighted by atomic mass is 16.3. The zero-order valence-corrected chi connectivity index (χ0v) is 34.9. The highest BCUT2D eigenvalue weighted by Crippen LogP contribution is 2.40. The Bertz CT molecular complexity index is 4170. The third-order valence-electron chi connectivity index (χ3n) is 13.1. The van der Waals surface area contributed by atoms with E-state index in [2.05, 4.69) is 209 Å². The van der Waals surface area contributed by atoms with Crippen LogP contribution in [0.25, 0.3) is 133 Å². The summed E-state index contributed by atoms with van der Waals surface area (Å²) in [6.45, 7) is 0. The van der Waals surface area contributed by atoms with E-state index in [4.69, 9.17) is 19.4 Å². The molecule has 0 aliphatic carbocycles. The molecule has 0 aliphatic rings. The Morgan fingerprint density at radius 1 is 0.292 bits per heavy atom. The molecule has 0 saturated carbocycles. The molecule has 6 heteroatoms. The molecule has 302 valence electrons. The summed E-state index contributed by atoms with van der Waals surface area (Å²) in [5.74, 6) is 1.81. The van der Waals surface area contributed by atoms with Gasteiger partial charge in [-0.3, -0.25) is 4.57 Å². The highest BCUT2D eigenvalue weighted by Gasteiger charge is 2.20. The lowest BCUT2D eigenvalue weighted by molar-refractivity contribution is 0.669. The topological polar surface area (TPSA) is 61.7 Å². The molecule has 4 heterocycles. The van der Waals surface area contributed by atoms with Crippen LogP contribution in [0.2, 0.25) is 0 Å². The van der Waals surface area contributed by atoms with E-state index in [1.165, 1.54) is 21.5 Å². The number of fused-ring (bicyclic) bond motifs is 11. The summed E-state index contributed by atoms with van der Waals surface area (Å²) in [6.07, 6.45) is 0. The van der Waals surface area contributed by atoms with Crippen LogP contribution in [0.1, 0.15) is 0 Å². The molecule has 0 saturated heterocycles. The fourth-order valence-corrected chi connectivity index (χ4v) is 10.0. The summed E-state index contributed by atoms with van der Waals surface area (Å²) in [4.78, 5) is 15.7. The first-order valence-electron chi connectivity index (χ1n) is 21.9. The molecule has 4 aromatic heterocycles. The van der Waals surface area contributed by atoms with Crippen LogP contribution >= 0.6 is 0 Å². The molecule has 6 nitrogen and oxygen atoms in total. The standard InChI is InChI=1S/C59H35N5O/c1-3-13-38-31-42(23-21-36(38)11-1)57-60-58(43-24-22-37-12-2-4-14-39(37)32-43)62-59(61-57)64-52-19-9-6-16-46(52)49-34-41(26-29-54(49)64)40-25-28-53-48(33-40)45-15-5-8-18-51(45)63(53)44-27-30-56-50(35-44)47-17-7-10-20-55(47)65-56/h1-35H. The van der Waals surface area contributed by atoms with E-state index in [0.29, 0.717) is 17.6 Å². The van der Waals surface area contributed by atoms with Gasteiger partial charge >= 0.3 is 0 Å². The molecule has 0 atom stereocenters. The van der Waals surface area contributed by atoms with Gasteiger partial charge in [0.05, 0.1) is 22.1 Å². The van der Waals surface area contributed by atoms with E-state index in [9.17, 15) is 0 Å². The van der Waals surface area contributed by atoms with Gasteiger partial charge in [-0.25, -0.2) is 4.98 Å². The first-order chi connectivity index (χ1) is 32.2. The van der Waals surface area contributed by atoms with Crippen LogP contribution in [0.5, 0.6) is 0 Å². The average Bonchev–Trinajstić information content (AvgIpc) is 4.03. The molecule has 0 bridgehead atoms. The second-order valence-electron chi connectivity index (χ2n) is 16.9. The van der Waals surface area contributed by atoms with Gasteiger partial charge in [0.25, 0.3) is 0 Å². The Morgan fingerprint density at radius 3 is 1.40 bits per heavy atom. The van der Waals surface area contributed by atoms with Crippen LogP contribution in [-0.2, 0) is 0 Å². The molecule has 0 N–H and O–H groups in total. The van der Waals surface area contributed by atoms with Gasteiger partial charge in [-0.15, -0.1) is 0 Å². The zero-order chi connectivity index (χ0) is 42.6. The minimum absolute atomic E-state index is 0.570. The van der Waals surface area contributed by atoms with E-state index >= 15 is 0 Å². The second kappa shape index (κ2) is 13.8. The summed E-state index contributed by atoms with van der Waals surface area (Å²) in [7, 11) is 0. The molecule has 0 aliphatic heterocycles. The summed E-state index contributed by atoms with van der Waals surface area (Å²) >= 11 is 0. The van der Waals surface area contributed by atoms with Gasteiger partial charge in [0.2, 0.25) is 5.95 Å². The largest absolute Gasteiger partial charge is 0.456 e. The van der Waals surface area contributed by atoms with Crippen molar-refractivity contribution in [2.45, 2.75) is 0 Å². The predicted octanol–water partition coefficient (Wildman–Crippen LogP) is 15.3. The fourth-order valence-electron chi connectivity index (χ4n) is 10.0. The Hall–Kier alpha value is -8.87. The van der Waals surface area contributed by atoms with Gasteiger partial charge in [-0.2, -0.15) is 9.97 Å². The van der Waals surface area contributed by atoms with Gasteiger partial charge < -0.3 is 8.98 Å². The maximum Gasteiger partial charge on any atom is 0.238 e. The van der Waals surface area contributed by atoms with Crippen LogP contribution in [0.15, 0.2) is 217 Å². The summed E-state index contributed by atoms with van der Waals surface area (Å²) in [6, 6.07) is 75.3. The maximum absolute atomic E-state index is 6.20. The van der Waals surface area contributed by atoms with Crippen molar-refractivity contribution in [2.24, 2.45) is 0 Å². The van der Waals surface area contributed by atoms with Crippen molar-refractivity contribution in [2.75, 3.05) is 0 Å². The molecule has 14 rings (SSSR count). The summed E-state index contributed by atoms with van der Waals surface area (Å²) in [5, 5.41) is 11.5. The van der Waals surface area contributed by atoms with Crippen molar-refractivity contribution < 1.29 is 4.42 Å². The number of hydrogen-bond acceptors (Lipinski definition) is 4. The van der Waals surface area contributed by atoms with Crippen molar-refractivity contribution in [3.63, 3.8) is 0 Å². The third-order valence-corrected chi connectivity index (χ3v) is 13.1. The maximum atomic E-state index is 6.20. The number of rotatable bonds is 5. The SMILES string of the molecule is c1ccc2cc(-c3nc(-c4ccc5ccccc5c4)nc(-n4c5ccccc5c5cc(-c6ccc7c(c6)c6ccccc6n7-c6ccc7oc8ccccc8c7c6)ccc54)n3)ccc2c1. The van der Waals surface area contributed by atoms with Gasteiger partial charge in [0, 0.05) is 49.1 Å². The van der Waals surface area contributed by atoms with Gasteiger partial charge in [-0.1, -0.05) is 140 Å². The zero-order valence-electron chi connectivity index (χ0n) is 34.9. The number of hydrogen-bond donors (Lipinski definition) is 0. The Kier molecular flexibility index (Phi) is 7.59. The lowest BCUT2D eigenvalue weighted by atomic mass is 10.0. The smallest absolute Gasteiger partial charge is 0.238 e. The normalized spacial score (nSPS) is 12.0. The summed E-state index contributed by atoms with van der Waals surface area (Å²) < 4.78 is 10.8. The first-order valence-corrected chi connectivity index (χ1v) is 21.9. The van der Waals surface area contributed by atoms with E-state index in [1.807, 2.05) is 12.1 Å². The van der Waals surface area contributed by atoms with E-state index < -0.39 is 0 Å². The van der Waals surface area contributed by atoms with E-state index in [1.54, 1.807) is 0 Å². The molecule has 65 heavy (non-hydrogen) atoms. The number of aromatic nitrogens is 5. The summed E-state index contributed by atoms with van der Waals surface area (Å²) in [5.41, 5.74) is 11.4. The molecule has 0 fully saturated rings. The van der Waals surface area contributed by atoms with Crippen molar-refractivity contribution in [1.29, 1.82) is 0 Å². The molecule has 10 aromatic carbocycles. The number of furan rings is 1. The van der Waals surface area contributed by atoms with Crippen LogP contribution in [0.3, 0.4) is 0 Å². The predicted molar refractivity (Wildman–Crippen MR) is 267 cm³/mol. The third kappa shape index (κ3) is 5.57. The van der Waals surface area contributed by atoms with Gasteiger partial charge in [0.15, 0.2) is 11.6 Å². The fraction of sp³-hybridized carbons (Fsp3) is 0. The van der Waals surface area contributed by atoms with Crippen molar-refractivity contribution in [3.8, 4) is 45.5 Å². The highest BCUT2D eigenvalue weighted by molar-refractivity contribution is 6.13. The second-order valence-corrected chi connectivity index (χ2v) is 16.9. The first kappa shape index (κ1) is 35.7. The van der Waals surface area contributed by atoms with E-state index in [0.717, 1.165) is 93.5 Å². The lowest BCUT2D eigenvalue weighted by Crippen LogP contribution is -2.06. The monoisotopic (exact) mass is 829 g/mol. The van der Waals surface area contributed by atoms with Crippen LogP contribution < -0.4 is 0 Å². The molecule has 0 radical (unpaired) electrons. The van der Waals surface area contributed by atoms with Gasteiger partial charge in [0.1, 0.15) is 11.2 Å². The van der Waals surface area contributed by atoms with Gasteiger partial charge in [-0.05, 0) is 105 Å². The lowest BCUT2D eigenvalue weighted by Gasteiger charge is -2.12. The molecule has 0 amide bonds. The van der Waals surface area contributed by atoms with Crippen molar-refractivity contribution in [1.82, 2.24) is 24.1 Å². The van der Waals surface area contributed by atoms with Crippen LogP contribution in [0, 0.1) is 0 Å². The Morgan fingerprint density at radius 2 is 0.769 bits per heavy atom. The molecular formula is C59H35N5O. The Labute approximate surface area is 371 Å². The van der Waals surface area contributed by atoms with E-state index in [-0.39, 0.29) is 0 Å². The number of nitrogens with zero attached hydrogens (tertiary/aromatic N) is 5. The van der Waals surface area contributed by atoms with Crippen LogP contribution in [0.4, 0.5) is 0 Å². The molecular weight excluding hydrogens is 795 g/mol. The van der Waals surface area contributed by atoms with Crippen molar-refractivity contribution in [3.05, 3.63) is 212 Å². The van der Waals surface area contributed by atoms with Crippen molar-refractivity contribution >= 4 is 87.1 Å². The average molecular weight is 830 g/mol. The quantitative estimate of drug-likeness (QED) is 0.173. The molecule has 14 aromatic rings. The number of benzene rings is 10. The molecule has 0 spiro atoms.